The number of carbonyl (C=O) groups is 1. The summed E-state index contributed by atoms with van der Waals surface area (Å²) in [5.41, 5.74) is 0.786. The van der Waals surface area contributed by atoms with E-state index in [1.54, 1.807) is 12.1 Å². The number of hydrogen-bond acceptors (Lipinski definition) is 4. The van der Waals surface area contributed by atoms with Crippen molar-refractivity contribution in [2.45, 2.75) is 5.92 Å². The summed E-state index contributed by atoms with van der Waals surface area (Å²) in [4.78, 5) is 11.6. The van der Waals surface area contributed by atoms with Gasteiger partial charge in [0.05, 0.1) is 20.1 Å². The van der Waals surface area contributed by atoms with Crippen LogP contribution in [0.2, 0.25) is 0 Å². The number of benzene rings is 1. The van der Waals surface area contributed by atoms with E-state index in [0.29, 0.717) is 13.1 Å². The van der Waals surface area contributed by atoms with Crippen molar-refractivity contribution in [2.75, 3.05) is 27.3 Å². The molecule has 0 aromatic heterocycles. The van der Waals surface area contributed by atoms with Crippen LogP contribution in [0, 0.1) is 11.7 Å². The van der Waals surface area contributed by atoms with E-state index in [4.69, 9.17) is 9.47 Å². The van der Waals surface area contributed by atoms with Gasteiger partial charge in [0.1, 0.15) is 0 Å². The lowest BCUT2D eigenvalue weighted by atomic mass is 9.89. The van der Waals surface area contributed by atoms with E-state index in [0.717, 1.165) is 5.56 Å². The molecule has 1 aliphatic rings. The second-order valence-electron chi connectivity index (χ2n) is 4.29. The molecule has 0 saturated carbocycles. The molecule has 18 heavy (non-hydrogen) atoms. The molecular formula is C13H16FNO3. The summed E-state index contributed by atoms with van der Waals surface area (Å²) < 4.78 is 23.3. The molecule has 4 nitrogen and oxygen atoms in total. The molecule has 1 aromatic rings. The number of nitrogens with one attached hydrogen (secondary N) is 1. The van der Waals surface area contributed by atoms with Gasteiger partial charge < -0.3 is 14.8 Å². The number of halogens is 1. The summed E-state index contributed by atoms with van der Waals surface area (Å²) in [5, 5.41) is 3.13. The second kappa shape index (κ2) is 5.35. The van der Waals surface area contributed by atoms with Gasteiger partial charge in [-0.2, -0.15) is 0 Å². The molecule has 5 heteroatoms. The van der Waals surface area contributed by atoms with Crippen LogP contribution in [0.25, 0.3) is 0 Å². The molecule has 0 amide bonds. The molecule has 2 atom stereocenters. The highest BCUT2D eigenvalue weighted by Gasteiger charge is 2.35. The zero-order valence-corrected chi connectivity index (χ0v) is 10.4. The van der Waals surface area contributed by atoms with Gasteiger partial charge in [0, 0.05) is 19.0 Å². The molecule has 98 valence electrons. The number of esters is 1. The summed E-state index contributed by atoms with van der Waals surface area (Å²) in [5.74, 6) is -0.785. The van der Waals surface area contributed by atoms with Gasteiger partial charge in [-0.05, 0) is 17.7 Å². The van der Waals surface area contributed by atoms with Gasteiger partial charge in [0.25, 0.3) is 0 Å². The van der Waals surface area contributed by atoms with E-state index < -0.39 is 5.82 Å². The van der Waals surface area contributed by atoms with Crippen LogP contribution in [0.3, 0.4) is 0 Å². The Bertz CT molecular complexity index is 450. The third-order valence-electron chi connectivity index (χ3n) is 3.32. The van der Waals surface area contributed by atoms with Gasteiger partial charge in [-0.25, -0.2) is 4.39 Å². The van der Waals surface area contributed by atoms with Crippen molar-refractivity contribution in [3.05, 3.63) is 29.6 Å². The minimum atomic E-state index is -0.412. The van der Waals surface area contributed by atoms with Crippen LogP contribution in [0.15, 0.2) is 18.2 Å². The molecule has 1 aliphatic heterocycles. The van der Waals surface area contributed by atoms with E-state index >= 15 is 0 Å². The quantitative estimate of drug-likeness (QED) is 0.825. The molecule has 1 aromatic carbocycles. The minimum Gasteiger partial charge on any atom is -0.494 e. The Labute approximate surface area is 105 Å². The monoisotopic (exact) mass is 253 g/mol. The van der Waals surface area contributed by atoms with Crippen LogP contribution in [0.1, 0.15) is 11.5 Å². The van der Waals surface area contributed by atoms with Crippen LogP contribution in [-0.2, 0) is 9.53 Å². The fourth-order valence-corrected chi connectivity index (χ4v) is 2.34. The highest BCUT2D eigenvalue weighted by Crippen LogP contribution is 2.31. The van der Waals surface area contributed by atoms with E-state index in [-0.39, 0.29) is 23.6 Å². The summed E-state index contributed by atoms with van der Waals surface area (Å²) >= 11 is 0. The SMILES string of the molecule is COC(=O)C1CNCC1c1ccc(OC)c(F)c1. The second-order valence-corrected chi connectivity index (χ2v) is 4.29. The van der Waals surface area contributed by atoms with E-state index in [9.17, 15) is 9.18 Å². The fourth-order valence-electron chi connectivity index (χ4n) is 2.34. The van der Waals surface area contributed by atoms with Gasteiger partial charge in [-0.1, -0.05) is 6.07 Å². The van der Waals surface area contributed by atoms with Crippen molar-refractivity contribution >= 4 is 5.97 Å². The Morgan fingerprint density at radius 1 is 1.39 bits per heavy atom. The van der Waals surface area contributed by atoms with Gasteiger partial charge in [-0.3, -0.25) is 4.79 Å². The first-order chi connectivity index (χ1) is 8.67. The summed E-state index contributed by atoms with van der Waals surface area (Å²) in [6, 6.07) is 4.79. The lowest BCUT2D eigenvalue weighted by molar-refractivity contribution is -0.145. The average molecular weight is 253 g/mol. The number of hydrogen-bond donors (Lipinski definition) is 1. The average Bonchev–Trinajstić information content (AvgIpc) is 2.86. The zero-order valence-electron chi connectivity index (χ0n) is 10.4. The summed E-state index contributed by atoms with van der Waals surface area (Å²) in [6.07, 6.45) is 0. The molecule has 0 spiro atoms. The maximum Gasteiger partial charge on any atom is 0.310 e. The topological polar surface area (TPSA) is 47.6 Å². The van der Waals surface area contributed by atoms with Crippen LogP contribution in [0.5, 0.6) is 5.75 Å². The van der Waals surface area contributed by atoms with Crippen molar-refractivity contribution in [2.24, 2.45) is 5.92 Å². The summed E-state index contributed by atoms with van der Waals surface area (Å²) in [6.45, 7) is 1.20. The minimum absolute atomic E-state index is 0.0575. The standard InChI is InChI=1S/C13H16FNO3/c1-17-12-4-3-8(5-11(12)14)9-6-15-7-10(9)13(16)18-2/h3-5,9-10,15H,6-7H2,1-2H3. The third kappa shape index (κ3) is 2.31. The van der Waals surface area contributed by atoms with Crippen molar-refractivity contribution in [1.82, 2.24) is 5.32 Å². The van der Waals surface area contributed by atoms with Gasteiger partial charge in [0.15, 0.2) is 11.6 Å². The maximum atomic E-state index is 13.7. The molecule has 2 unspecified atom stereocenters. The molecule has 1 N–H and O–H groups in total. The number of ether oxygens (including phenoxy) is 2. The van der Waals surface area contributed by atoms with Crippen molar-refractivity contribution in [3.63, 3.8) is 0 Å². The molecule has 1 fully saturated rings. The Hall–Kier alpha value is -1.62. The van der Waals surface area contributed by atoms with E-state index in [2.05, 4.69) is 5.32 Å². The largest absolute Gasteiger partial charge is 0.494 e. The van der Waals surface area contributed by atoms with Gasteiger partial charge in [-0.15, -0.1) is 0 Å². The number of methoxy groups -OCH3 is 2. The molecule has 0 aliphatic carbocycles. The first-order valence-electron chi connectivity index (χ1n) is 5.79. The zero-order chi connectivity index (χ0) is 13.1. The van der Waals surface area contributed by atoms with Crippen LogP contribution in [-0.4, -0.2) is 33.3 Å². The third-order valence-corrected chi connectivity index (χ3v) is 3.32. The van der Waals surface area contributed by atoms with Crippen LogP contribution in [0.4, 0.5) is 4.39 Å². The lowest BCUT2D eigenvalue weighted by Crippen LogP contribution is -2.23. The molecule has 1 heterocycles. The van der Waals surface area contributed by atoms with Crippen molar-refractivity contribution in [1.29, 1.82) is 0 Å². The molecule has 1 saturated heterocycles. The Morgan fingerprint density at radius 3 is 2.78 bits per heavy atom. The van der Waals surface area contributed by atoms with Gasteiger partial charge >= 0.3 is 5.97 Å². The predicted molar refractivity (Wildman–Crippen MR) is 64.1 cm³/mol. The molecule has 0 radical (unpaired) electrons. The highest BCUT2D eigenvalue weighted by molar-refractivity contribution is 5.74. The van der Waals surface area contributed by atoms with Crippen molar-refractivity contribution in [3.8, 4) is 5.75 Å². The molecule has 2 rings (SSSR count). The number of carbonyl (C=O) groups excluding carboxylic acids is 1. The van der Waals surface area contributed by atoms with E-state index in [1.165, 1.54) is 20.3 Å². The first-order valence-corrected chi connectivity index (χ1v) is 5.79. The Morgan fingerprint density at radius 2 is 2.17 bits per heavy atom. The van der Waals surface area contributed by atoms with E-state index in [1.807, 2.05) is 0 Å². The first kappa shape index (κ1) is 12.8. The van der Waals surface area contributed by atoms with Crippen LogP contribution < -0.4 is 10.1 Å². The molecular weight excluding hydrogens is 237 g/mol. The highest BCUT2D eigenvalue weighted by atomic mass is 19.1. The Kier molecular flexibility index (Phi) is 3.81. The smallest absolute Gasteiger partial charge is 0.310 e. The normalized spacial score (nSPS) is 22.8. The number of rotatable bonds is 3. The van der Waals surface area contributed by atoms with Crippen molar-refractivity contribution < 1.29 is 18.7 Å². The predicted octanol–water partition coefficient (Wildman–Crippen LogP) is 1.31. The maximum absolute atomic E-state index is 13.7. The summed E-state index contributed by atoms with van der Waals surface area (Å²) in [7, 11) is 2.79. The Balaban J connectivity index is 2.25. The van der Waals surface area contributed by atoms with Crippen LogP contribution >= 0.6 is 0 Å². The van der Waals surface area contributed by atoms with Gasteiger partial charge in [0.2, 0.25) is 0 Å². The fraction of sp³-hybridized carbons (Fsp3) is 0.462. The lowest BCUT2D eigenvalue weighted by Gasteiger charge is -2.17. The molecule has 0 bridgehead atoms.